The molecule has 0 aliphatic heterocycles. The topological polar surface area (TPSA) is 48.9 Å². The zero-order chi connectivity index (χ0) is 17.1. The van der Waals surface area contributed by atoms with Gasteiger partial charge < -0.3 is 20.3 Å². The van der Waals surface area contributed by atoms with Crippen molar-refractivity contribution in [3.8, 4) is 5.75 Å². The van der Waals surface area contributed by atoms with Crippen molar-refractivity contribution in [3.05, 3.63) is 30.3 Å². The Morgan fingerprint density at radius 2 is 1.87 bits per heavy atom. The molecule has 1 aromatic carbocycles. The van der Waals surface area contributed by atoms with Gasteiger partial charge in [0.2, 0.25) is 0 Å². The van der Waals surface area contributed by atoms with Crippen LogP contribution in [0.3, 0.4) is 0 Å². The van der Waals surface area contributed by atoms with Crippen molar-refractivity contribution >= 4 is 5.96 Å². The van der Waals surface area contributed by atoms with Gasteiger partial charge in [-0.05, 0) is 38.6 Å². The molecule has 0 aliphatic carbocycles. The van der Waals surface area contributed by atoms with Gasteiger partial charge >= 0.3 is 0 Å². The number of rotatable bonds is 9. The zero-order valence-corrected chi connectivity index (χ0v) is 15.2. The lowest BCUT2D eigenvalue weighted by molar-refractivity contribution is 0.254. The third-order valence-corrected chi connectivity index (χ3v) is 3.61. The number of nitrogens with zero attached hydrogens (tertiary/aromatic N) is 2. The van der Waals surface area contributed by atoms with E-state index in [2.05, 4.69) is 48.5 Å². The lowest BCUT2D eigenvalue weighted by atomic mass is 10.0. The van der Waals surface area contributed by atoms with E-state index >= 15 is 0 Å². The average molecular weight is 320 g/mol. The first kappa shape index (κ1) is 19.3. The summed E-state index contributed by atoms with van der Waals surface area (Å²) >= 11 is 0. The van der Waals surface area contributed by atoms with Gasteiger partial charge in [0.25, 0.3) is 0 Å². The van der Waals surface area contributed by atoms with Crippen LogP contribution in [0.2, 0.25) is 0 Å². The number of hydrogen-bond donors (Lipinski definition) is 2. The Balaban J connectivity index is 2.28. The second-order valence-electron chi connectivity index (χ2n) is 6.29. The van der Waals surface area contributed by atoms with E-state index in [1.165, 1.54) is 0 Å². The molecule has 2 N–H and O–H groups in total. The average Bonchev–Trinajstić information content (AvgIpc) is 2.53. The third kappa shape index (κ3) is 8.45. The van der Waals surface area contributed by atoms with Gasteiger partial charge in [-0.2, -0.15) is 0 Å². The molecule has 5 nitrogen and oxygen atoms in total. The highest BCUT2D eigenvalue weighted by molar-refractivity contribution is 5.79. The summed E-state index contributed by atoms with van der Waals surface area (Å²) in [5.74, 6) is 2.39. The fraction of sp³-hybridized carbons (Fsp3) is 0.611. The van der Waals surface area contributed by atoms with Crippen LogP contribution in [0.4, 0.5) is 0 Å². The molecule has 0 spiro atoms. The fourth-order valence-corrected chi connectivity index (χ4v) is 2.31. The van der Waals surface area contributed by atoms with Gasteiger partial charge in [-0.15, -0.1) is 0 Å². The first-order valence-corrected chi connectivity index (χ1v) is 8.31. The summed E-state index contributed by atoms with van der Waals surface area (Å²) in [6, 6.07) is 10.3. The number of hydrogen-bond acceptors (Lipinski definition) is 3. The molecule has 1 rings (SSSR count). The van der Waals surface area contributed by atoms with Gasteiger partial charge in [-0.3, -0.25) is 4.99 Å². The van der Waals surface area contributed by atoms with Crippen molar-refractivity contribution in [2.45, 2.75) is 26.3 Å². The van der Waals surface area contributed by atoms with Crippen LogP contribution in [0.1, 0.15) is 20.3 Å². The van der Waals surface area contributed by atoms with Gasteiger partial charge in [0.1, 0.15) is 12.4 Å². The van der Waals surface area contributed by atoms with E-state index < -0.39 is 0 Å². The van der Waals surface area contributed by atoms with Gasteiger partial charge in [-0.1, -0.05) is 32.0 Å². The Labute approximate surface area is 141 Å². The monoisotopic (exact) mass is 320 g/mol. The van der Waals surface area contributed by atoms with Gasteiger partial charge in [0, 0.05) is 19.6 Å². The molecule has 0 aromatic heterocycles. The van der Waals surface area contributed by atoms with Crippen LogP contribution in [0, 0.1) is 5.92 Å². The van der Waals surface area contributed by atoms with E-state index in [0.29, 0.717) is 25.1 Å². The highest BCUT2D eigenvalue weighted by Gasteiger charge is 2.13. The Bertz CT molecular complexity index is 446. The van der Waals surface area contributed by atoms with E-state index in [-0.39, 0.29) is 0 Å². The van der Waals surface area contributed by atoms with E-state index in [9.17, 15) is 0 Å². The smallest absolute Gasteiger partial charge is 0.191 e. The Hall–Kier alpha value is -1.75. The molecule has 1 unspecified atom stereocenters. The van der Waals surface area contributed by atoms with Crippen molar-refractivity contribution in [1.29, 1.82) is 0 Å². The summed E-state index contributed by atoms with van der Waals surface area (Å²) in [6.07, 6.45) is 1.16. The number of para-hydroxylation sites is 1. The Morgan fingerprint density at radius 3 is 2.43 bits per heavy atom. The lowest BCUT2D eigenvalue weighted by Gasteiger charge is -2.27. The maximum atomic E-state index is 5.66. The maximum absolute atomic E-state index is 5.66. The summed E-state index contributed by atoms with van der Waals surface area (Å²) in [5, 5.41) is 6.68. The van der Waals surface area contributed by atoms with E-state index in [1.807, 2.05) is 30.3 Å². The predicted octanol–water partition coefficient (Wildman–Crippen LogP) is 2.21. The number of ether oxygens (including phenoxy) is 1. The van der Waals surface area contributed by atoms with E-state index in [1.54, 1.807) is 7.05 Å². The second kappa shape index (κ2) is 10.9. The van der Waals surface area contributed by atoms with Crippen LogP contribution >= 0.6 is 0 Å². The first-order valence-electron chi connectivity index (χ1n) is 8.31. The Morgan fingerprint density at radius 1 is 1.17 bits per heavy atom. The van der Waals surface area contributed by atoms with Crippen LogP contribution in [0.5, 0.6) is 5.75 Å². The van der Waals surface area contributed by atoms with Crippen LogP contribution < -0.4 is 15.4 Å². The van der Waals surface area contributed by atoms with Gasteiger partial charge in [0.05, 0.1) is 6.54 Å². The van der Waals surface area contributed by atoms with Gasteiger partial charge in [0.15, 0.2) is 5.96 Å². The molecule has 0 amide bonds. The molecule has 0 fully saturated rings. The number of guanidine groups is 1. The molecular formula is C18H32N4O. The highest BCUT2D eigenvalue weighted by atomic mass is 16.5. The standard InChI is InChI=1S/C18H32N4O/c1-15(2)13-16(22(4)5)14-21-18(19-3)20-11-12-23-17-9-7-6-8-10-17/h6-10,15-16H,11-14H2,1-5H3,(H2,19,20,21). The van der Waals surface area contributed by atoms with E-state index in [4.69, 9.17) is 4.74 Å². The maximum Gasteiger partial charge on any atom is 0.191 e. The molecular weight excluding hydrogens is 288 g/mol. The first-order chi connectivity index (χ1) is 11.0. The summed E-state index contributed by atoms with van der Waals surface area (Å²) in [5.41, 5.74) is 0. The quantitative estimate of drug-likeness (QED) is 0.416. The minimum absolute atomic E-state index is 0.495. The molecule has 130 valence electrons. The molecule has 0 radical (unpaired) electrons. The lowest BCUT2D eigenvalue weighted by Crippen LogP contribution is -2.46. The third-order valence-electron chi connectivity index (χ3n) is 3.61. The molecule has 0 saturated carbocycles. The molecule has 0 saturated heterocycles. The van der Waals surface area contributed by atoms with E-state index in [0.717, 1.165) is 24.7 Å². The van der Waals surface area contributed by atoms with Crippen LogP contribution in [0.15, 0.2) is 35.3 Å². The van der Waals surface area contributed by atoms with Crippen molar-refractivity contribution in [1.82, 2.24) is 15.5 Å². The molecule has 1 aromatic rings. The highest BCUT2D eigenvalue weighted by Crippen LogP contribution is 2.08. The summed E-state index contributed by atoms with van der Waals surface area (Å²) < 4.78 is 5.66. The SMILES string of the molecule is CN=C(NCCOc1ccccc1)NCC(CC(C)C)N(C)C. The van der Waals surface area contributed by atoms with Crippen molar-refractivity contribution in [2.75, 3.05) is 40.8 Å². The summed E-state index contributed by atoms with van der Waals surface area (Å²) in [7, 11) is 6.04. The molecule has 0 bridgehead atoms. The largest absolute Gasteiger partial charge is 0.492 e. The minimum atomic E-state index is 0.495. The summed E-state index contributed by atoms with van der Waals surface area (Å²) in [4.78, 5) is 6.53. The predicted molar refractivity (Wildman–Crippen MR) is 98.2 cm³/mol. The molecule has 5 heteroatoms. The summed E-state index contributed by atoms with van der Waals surface area (Å²) in [6.45, 7) is 6.71. The van der Waals surface area contributed by atoms with Crippen molar-refractivity contribution in [2.24, 2.45) is 10.9 Å². The second-order valence-corrected chi connectivity index (χ2v) is 6.29. The van der Waals surface area contributed by atoms with Crippen molar-refractivity contribution < 1.29 is 4.74 Å². The van der Waals surface area contributed by atoms with Crippen LogP contribution in [0.25, 0.3) is 0 Å². The molecule has 1 atom stereocenters. The molecule has 0 aliphatic rings. The molecule has 0 heterocycles. The number of likely N-dealkylation sites (N-methyl/N-ethyl adjacent to an activating group) is 1. The number of benzene rings is 1. The number of nitrogens with one attached hydrogen (secondary N) is 2. The van der Waals surface area contributed by atoms with Crippen LogP contribution in [-0.4, -0.2) is 57.7 Å². The normalized spacial score (nSPS) is 13.3. The number of aliphatic imine (C=N–C) groups is 1. The minimum Gasteiger partial charge on any atom is -0.492 e. The van der Waals surface area contributed by atoms with Crippen molar-refractivity contribution in [3.63, 3.8) is 0 Å². The van der Waals surface area contributed by atoms with Gasteiger partial charge in [-0.25, -0.2) is 0 Å². The Kier molecular flexibility index (Phi) is 9.14. The zero-order valence-electron chi connectivity index (χ0n) is 15.2. The fourth-order valence-electron chi connectivity index (χ4n) is 2.31. The molecule has 23 heavy (non-hydrogen) atoms. The van der Waals surface area contributed by atoms with Crippen LogP contribution in [-0.2, 0) is 0 Å².